The molecule has 0 aromatic heterocycles. The maximum absolute atomic E-state index is 9.55. The zero-order valence-corrected chi connectivity index (χ0v) is 13.0. The van der Waals surface area contributed by atoms with E-state index in [1.54, 1.807) is 0 Å². The van der Waals surface area contributed by atoms with Crippen molar-refractivity contribution in [3.8, 4) is 6.07 Å². The van der Waals surface area contributed by atoms with Crippen LogP contribution in [0.3, 0.4) is 0 Å². The summed E-state index contributed by atoms with van der Waals surface area (Å²) in [6, 6.07) is 13.0. The quantitative estimate of drug-likeness (QED) is 0.459. The molecule has 0 radical (unpaired) electrons. The molecular formula is C20H25N. The first kappa shape index (κ1) is 15.6. The number of rotatable bonds is 7. The summed E-state index contributed by atoms with van der Waals surface area (Å²) in [5, 5.41) is 9.55. The molecule has 0 N–H and O–H groups in total. The number of hydrogen-bond donors (Lipinski definition) is 0. The molecule has 1 aliphatic rings. The second-order valence-electron chi connectivity index (χ2n) is 5.97. The molecular weight excluding hydrogens is 254 g/mol. The Hall–Kier alpha value is -1.81. The van der Waals surface area contributed by atoms with Crippen molar-refractivity contribution in [2.45, 2.75) is 51.4 Å². The first-order valence-corrected chi connectivity index (χ1v) is 8.14. The van der Waals surface area contributed by atoms with Crippen LogP contribution in [-0.2, 0) is 0 Å². The van der Waals surface area contributed by atoms with E-state index in [2.05, 4.69) is 61.6 Å². The van der Waals surface area contributed by atoms with Gasteiger partial charge in [0.1, 0.15) is 0 Å². The van der Waals surface area contributed by atoms with Crippen LogP contribution in [0.1, 0.15) is 56.9 Å². The van der Waals surface area contributed by atoms with Gasteiger partial charge in [-0.25, -0.2) is 0 Å². The number of hydrogen-bond acceptors (Lipinski definition) is 1. The van der Waals surface area contributed by atoms with E-state index in [-0.39, 0.29) is 5.41 Å². The van der Waals surface area contributed by atoms with E-state index in [1.807, 2.05) is 6.07 Å². The Bertz CT molecular complexity index is 505. The van der Waals surface area contributed by atoms with E-state index >= 15 is 0 Å². The summed E-state index contributed by atoms with van der Waals surface area (Å²) in [5.74, 6) is 0.313. The largest absolute Gasteiger partial charge is 0.197 e. The molecule has 110 valence electrons. The van der Waals surface area contributed by atoms with Gasteiger partial charge in [0.2, 0.25) is 0 Å². The Morgan fingerprint density at radius 2 is 1.67 bits per heavy atom. The minimum atomic E-state index is -0.377. The fourth-order valence-corrected chi connectivity index (χ4v) is 2.89. The summed E-state index contributed by atoms with van der Waals surface area (Å²) in [6.07, 6.45) is 15.8. The fraction of sp³-hybridized carbons (Fsp3) is 0.450. The van der Waals surface area contributed by atoms with Gasteiger partial charge < -0.3 is 0 Å². The lowest BCUT2D eigenvalue weighted by molar-refractivity contribution is 0.505. The highest BCUT2D eigenvalue weighted by Gasteiger charge is 2.26. The van der Waals surface area contributed by atoms with Crippen molar-refractivity contribution in [1.29, 1.82) is 5.26 Å². The average molecular weight is 279 g/mol. The van der Waals surface area contributed by atoms with Gasteiger partial charge in [-0.15, -0.1) is 0 Å². The lowest BCUT2D eigenvalue weighted by atomic mass is 9.77. The number of benzene rings is 1. The van der Waals surface area contributed by atoms with Crippen LogP contribution >= 0.6 is 0 Å². The molecule has 0 bridgehead atoms. The first-order chi connectivity index (χ1) is 10.3. The first-order valence-electron chi connectivity index (χ1n) is 8.14. The summed E-state index contributed by atoms with van der Waals surface area (Å²) >= 11 is 0. The van der Waals surface area contributed by atoms with Crippen molar-refractivity contribution in [3.05, 3.63) is 60.2 Å². The molecule has 0 spiro atoms. The summed E-state index contributed by atoms with van der Waals surface area (Å²) < 4.78 is 0. The highest BCUT2D eigenvalue weighted by molar-refractivity contribution is 5.37. The second-order valence-corrected chi connectivity index (χ2v) is 5.97. The number of allylic oxidation sites excluding steroid dienone is 4. The number of unbranched alkanes of at least 4 members (excludes halogenated alkanes) is 4. The molecule has 21 heavy (non-hydrogen) atoms. The van der Waals surface area contributed by atoms with E-state index in [1.165, 1.54) is 31.2 Å². The Labute approximate surface area is 129 Å². The molecule has 2 rings (SSSR count). The van der Waals surface area contributed by atoms with E-state index < -0.39 is 0 Å². The number of nitrogens with zero attached hydrogens (tertiary/aromatic N) is 1. The van der Waals surface area contributed by atoms with Gasteiger partial charge in [0.15, 0.2) is 0 Å². The van der Waals surface area contributed by atoms with Crippen LogP contribution in [0.2, 0.25) is 0 Å². The van der Waals surface area contributed by atoms with Crippen LogP contribution in [0.25, 0.3) is 0 Å². The average Bonchev–Trinajstić information content (AvgIpc) is 2.56. The van der Waals surface area contributed by atoms with Gasteiger partial charge in [-0.2, -0.15) is 5.26 Å². The summed E-state index contributed by atoms with van der Waals surface area (Å²) in [5.41, 5.74) is 0.914. The minimum absolute atomic E-state index is 0.313. The minimum Gasteiger partial charge on any atom is -0.197 e. The number of nitriles is 1. The Balaban J connectivity index is 1.92. The monoisotopic (exact) mass is 279 g/mol. The van der Waals surface area contributed by atoms with Crippen LogP contribution in [0.4, 0.5) is 0 Å². The molecule has 0 atom stereocenters. The standard InChI is InChI=1S/C20H25N/c1-2-3-4-5-9-14-20(17-21)15-12-19(13-16-20)18-10-7-6-8-11-18/h6-8,10-13,15-16,19H,2-5,9,14H2,1H3. The third kappa shape index (κ3) is 4.33. The van der Waals surface area contributed by atoms with E-state index in [4.69, 9.17) is 0 Å². The van der Waals surface area contributed by atoms with Gasteiger partial charge in [0.25, 0.3) is 0 Å². The van der Waals surface area contributed by atoms with Crippen LogP contribution in [-0.4, -0.2) is 0 Å². The summed E-state index contributed by atoms with van der Waals surface area (Å²) in [6.45, 7) is 2.23. The summed E-state index contributed by atoms with van der Waals surface area (Å²) in [7, 11) is 0. The maximum atomic E-state index is 9.55. The maximum Gasteiger partial charge on any atom is 0.0934 e. The predicted octanol–water partition coefficient (Wildman–Crippen LogP) is 5.77. The van der Waals surface area contributed by atoms with Crippen molar-refractivity contribution >= 4 is 0 Å². The topological polar surface area (TPSA) is 23.8 Å². The smallest absolute Gasteiger partial charge is 0.0934 e. The van der Waals surface area contributed by atoms with E-state index in [9.17, 15) is 5.26 Å². The van der Waals surface area contributed by atoms with Gasteiger partial charge in [-0.3, -0.25) is 0 Å². The lowest BCUT2D eigenvalue weighted by Gasteiger charge is -2.24. The zero-order chi connectivity index (χ0) is 15.0. The summed E-state index contributed by atoms with van der Waals surface area (Å²) in [4.78, 5) is 0. The van der Waals surface area contributed by atoms with Gasteiger partial charge in [-0.1, -0.05) is 93.7 Å². The van der Waals surface area contributed by atoms with Crippen molar-refractivity contribution in [2.75, 3.05) is 0 Å². The van der Waals surface area contributed by atoms with Crippen molar-refractivity contribution in [1.82, 2.24) is 0 Å². The fourth-order valence-electron chi connectivity index (χ4n) is 2.89. The molecule has 0 unspecified atom stereocenters. The highest BCUT2D eigenvalue weighted by Crippen LogP contribution is 2.35. The molecule has 1 aliphatic carbocycles. The van der Waals surface area contributed by atoms with Gasteiger partial charge in [-0.05, 0) is 12.0 Å². The highest BCUT2D eigenvalue weighted by atomic mass is 14.4. The van der Waals surface area contributed by atoms with E-state index in [0.717, 1.165) is 12.8 Å². The predicted molar refractivity (Wildman–Crippen MR) is 88.9 cm³/mol. The SMILES string of the molecule is CCCCCCCC1(C#N)C=CC(c2ccccc2)C=C1. The van der Waals surface area contributed by atoms with Crippen molar-refractivity contribution < 1.29 is 0 Å². The van der Waals surface area contributed by atoms with Crippen molar-refractivity contribution in [3.63, 3.8) is 0 Å². The molecule has 0 amide bonds. The molecule has 0 fully saturated rings. The van der Waals surface area contributed by atoms with Gasteiger partial charge in [0, 0.05) is 5.92 Å². The van der Waals surface area contributed by atoms with Crippen molar-refractivity contribution in [2.24, 2.45) is 5.41 Å². The van der Waals surface area contributed by atoms with Crippen LogP contribution in [0.15, 0.2) is 54.6 Å². The molecule has 1 nitrogen and oxygen atoms in total. The molecule has 1 aromatic carbocycles. The normalized spacial score (nSPS) is 23.9. The van der Waals surface area contributed by atoms with Crippen LogP contribution < -0.4 is 0 Å². The third-order valence-corrected chi connectivity index (χ3v) is 4.29. The Kier molecular flexibility index (Phi) is 5.81. The molecule has 0 saturated carbocycles. The molecule has 1 aromatic rings. The molecule has 0 heterocycles. The van der Waals surface area contributed by atoms with Crippen LogP contribution in [0, 0.1) is 16.7 Å². The Morgan fingerprint density at radius 1 is 1.00 bits per heavy atom. The Morgan fingerprint density at radius 3 is 2.29 bits per heavy atom. The van der Waals surface area contributed by atoms with E-state index in [0.29, 0.717) is 5.92 Å². The molecule has 1 heteroatoms. The molecule has 0 saturated heterocycles. The zero-order valence-electron chi connectivity index (χ0n) is 13.0. The molecule has 0 aliphatic heterocycles. The van der Waals surface area contributed by atoms with Crippen LogP contribution in [0.5, 0.6) is 0 Å². The van der Waals surface area contributed by atoms with Gasteiger partial charge in [0.05, 0.1) is 11.5 Å². The lowest BCUT2D eigenvalue weighted by Crippen LogP contribution is -2.16. The van der Waals surface area contributed by atoms with Gasteiger partial charge >= 0.3 is 0 Å². The second kappa shape index (κ2) is 7.84. The third-order valence-electron chi connectivity index (χ3n) is 4.29.